The highest BCUT2D eigenvalue weighted by Gasteiger charge is 2.30. The van der Waals surface area contributed by atoms with Crippen LogP contribution in [-0.2, 0) is 4.79 Å². The first kappa shape index (κ1) is 13.8. The molecular formula is C17H15ClN2O. The molecule has 0 bridgehead atoms. The summed E-state index contributed by atoms with van der Waals surface area (Å²) < 4.78 is 0. The molecule has 1 heterocycles. The first-order chi connectivity index (χ1) is 9.99. The van der Waals surface area contributed by atoms with Crippen LogP contribution in [0.15, 0.2) is 35.3 Å². The molecule has 1 N–H and O–H groups in total. The third kappa shape index (κ3) is 2.24. The Kier molecular flexibility index (Phi) is 3.30. The number of rotatable bonds is 1. The lowest BCUT2D eigenvalue weighted by Crippen LogP contribution is -2.14. The largest absolute Gasteiger partial charge is 0.320 e. The number of benzene rings is 2. The Morgan fingerprint density at radius 3 is 2.33 bits per heavy atom. The van der Waals surface area contributed by atoms with Crippen LogP contribution in [0.1, 0.15) is 22.3 Å². The molecule has 0 saturated heterocycles. The van der Waals surface area contributed by atoms with Crippen LogP contribution >= 0.6 is 11.6 Å². The van der Waals surface area contributed by atoms with Gasteiger partial charge >= 0.3 is 0 Å². The van der Waals surface area contributed by atoms with E-state index in [9.17, 15) is 4.79 Å². The Bertz CT molecular complexity index is 773. The zero-order chi connectivity index (χ0) is 15.1. The van der Waals surface area contributed by atoms with Crippen molar-refractivity contribution in [3.05, 3.63) is 57.6 Å². The predicted molar refractivity (Wildman–Crippen MR) is 86.9 cm³/mol. The lowest BCUT2D eigenvalue weighted by atomic mass is 10.1. The number of aliphatic imine (C=N–C) groups is 1. The van der Waals surface area contributed by atoms with Gasteiger partial charge in [0.05, 0.1) is 16.4 Å². The fraction of sp³-hybridized carbons (Fsp3) is 0.176. The van der Waals surface area contributed by atoms with Gasteiger partial charge in [-0.15, -0.1) is 0 Å². The number of hydrogen-bond donors (Lipinski definition) is 1. The number of aryl methyl sites for hydroxylation is 3. The molecule has 0 atom stereocenters. The van der Waals surface area contributed by atoms with Gasteiger partial charge in [0.1, 0.15) is 5.71 Å². The molecule has 0 fully saturated rings. The van der Waals surface area contributed by atoms with Crippen molar-refractivity contribution in [2.75, 3.05) is 5.32 Å². The van der Waals surface area contributed by atoms with Crippen molar-refractivity contribution in [2.24, 2.45) is 4.99 Å². The van der Waals surface area contributed by atoms with Crippen molar-refractivity contribution < 1.29 is 4.79 Å². The maximum Gasteiger partial charge on any atom is 0.275 e. The average Bonchev–Trinajstić information content (AvgIpc) is 2.77. The predicted octanol–water partition coefficient (Wildman–Crippen LogP) is 4.34. The van der Waals surface area contributed by atoms with E-state index in [1.54, 1.807) is 6.07 Å². The summed E-state index contributed by atoms with van der Waals surface area (Å²) in [5, 5.41) is 3.40. The van der Waals surface area contributed by atoms with Crippen molar-refractivity contribution >= 4 is 34.6 Å². The van der Waals surface area contributed by atoms with Gasteiger partial charge in [0.25, 0.3) is 5.91 Å². The van der Waals surface area contributed by atoms with Crippen LogP contribution in [0.5, 0.6) is 0 Å². The standard InChI is InChI=1S/C17H15ClN2O/c1-9-5-4-6-10(2)14(9)19-16-13-12(18)8-7-11(3)15(13)20-17(16)21/h4-8H,1-3H3,(H,19,20,21). The number of anilines is 1. The van der Waals surface area contributed by atoms with Gasteiger partial charge in [0, 0.05) is 5.56 Å². The monoisotopic (exact) mass is 298 g/mol. The van der Waals surface area contributed by atoms with Crippen LogP contribution in [0, 0.1) is 20.8 Å². The summed E-state index contributed by atoms with van der Waals surface area (Å²) in [5.74, 6) is -0.205. The molecule has 0 unspecified atom stereocenters. The Morgan fingerprint density at radius 1 is 1.00 bits per heavy atom. The molecule has 0 spiro atoms. The van der Waals surface area contributed by atoms with Crippen molar-refractivity contribution in [1.82, 2.24) is 0 Å². The molecule has 2 aromatic rings. The zero-order valence-electron chi connectivity index (χ0n) is 12.1. The molecule has 1 aliphatic rings. The first-order valence-corrected chi connectivity index (χ1v) is 7.12. The smallest absolute Gasteiger partial charge is 0.275 e. The highest BCUT2D eigenvalue weighted by molar-refractivity contribution is 6.57. The summed E-state index contributed by atoms with van der Waals surface area (Å²) in [6.45, 7) is 5.91. The molecule has 106 valence electrons. The number of carbonyl (C=O) groups excluding carboxylic acids is 1. The summed E-state index contributed by atoms with van der Waals surface area (Å²) in [7, 11) is 0. The molecule has 1 amide bonds. The third-order valence-electron chi connectivity index (χ3n) is 3.72. The molecule has 1 aliphatic heterocycles. The van der Waals surface area contributed by atoms with E-state index in [-0.39, 0.29) is 5.91 Å². The van der Waals surface area contributed by atoms with Gasteiger partial charge in [0.2, 0.25) is 0 Å². The topological polar surface area (TPSA) is 41.5 Å². The molecule has 21 heavy (non-hydrogen) atoms. The highest BCUT2D eigenvalue weighted by atomic mass is 35.5. The van der Waals surface area contributed by atoms with Crippen molar-refractivity contribution in [1.29, 1.82) is 0 Å². The quantitative estimate of drug-likeness (QED) is 0.836. The van der Waals surface area contributed by atoms with Crippen LogP contribution in [0.3, 0.4) is 0 Å². The van der Waals surface area contributed by atoms with Gasteiger partial charge in [-0.05, 0) is 43.5 Å². The summed E-state index contributed by atoms with van der Waals surface area (Å²) in [6.07, 6.45) is 0. The van der Waals surface area contributed by atoms with Gasteiger partial charge < -0.3 is 5.32 Å². The Morgan fingerprint density at radius 2 is 1.67 bits per heavy atom. The Labute approximate surface area is 128 Å². The molecule has 0 aliphatic carbocycles. The van der Waals surface area contributed by atoms with Gasteiger partial charge in [-0.25, -0.2) is 4.99 Å². The zero-order valence-corrected chi connectivity index (χ0v) is 12.9. The van der Waals surface area contributed by atoms with Crippen molar-refractivity contribution in [2.45, 2.75) is 20.8 Å². The lowest BCUT2D eigenvalue weighted by Gasteiger charge is -2.07. The maximum atomic E-state index is 12.3. The second kappa shape index (κ2) is 5.01. The Hall–Kier alpha value is -2.13. The van der Waals surface area contributed by atoms with Gasteiger partial charge in [-0.2, -0.15) is 0 Å². The van der Waals surface area contributed by atoms with Crippen LogP contribution in [-0.4, -0.2) is 11.6 Å². The molecule has 0 aromatic heterocycles. The number of para-hydroxylation sites is 1. The van der Waals surface area contributed by atoms with Crippen molar-refractivity contribution in [3.8, 4) is 0 Å². The number of nitrogens with zero attached hydrogens (tertiary/aromatic N) is 1. The van der Waals surface area contributed by atoms with Gasteiger partial charge in [-0.1, -0.05) is 35.9 Å². The van der Waals surface area contributed by atoms with E-state index in [0.717, 1.165) is 28.1 Å². The highest BCUT2D eigenvalue weighted by Crippen LogP contribution is 2.35. The molecule has 3 rings (SSSR count). The van der Waals surface area contributed by atoms with E-state index in [0.29, 0.717) is 16.3 Å². The van der Waals surface area contributed by atoms with E-state index in [2.05, 4.69) is 10.3 Å². The summed E-state index contributed by atoms with van der Waals surface area (Å²) in [5.41, 5.74) is 5.72. The van der Waals surface area contributed by atoms with E-state index in [4.69, 9.17) is 11.6 Å². The molecule has 0 saturated carbocycles. The van der Waals surface area contributed by atoms with Crippen LogP contribution in [0.4, 0.5) is 11.4 Å². The van der Waals surface area contributed by atoms with Crippen molar-refractivity contribution in [3.63, 3.8) is 0 Å². The number of hydrogen-bond acceptors (Lipinski definition) is 2. The Balaban J connectivity index is 2.24. The third-order valence-corrected chi connectivity index (χ3v) is 4.03. The summed E-state index contributed by atoms with van der Waals surface area (Å²) >= 11 is 6.27. The maximum absolute atomic E-state index is 12.3. The van der Waals surface area contributed by atoms with Crippen LogP contribution in [0.25, 0.3) is 0 Å². The second-order valence-corrected chi connectivity index (χ2v) is 5.68. The lowest BCUT2D eigenvalue weighted by molar-refractivity contribution is -0.110. The number of fused-ring (bicyclic) bond motifs is 1. The number of amides is 1. The minimum absolute atomic E-state index is 0.205. The molecule has 4 heteroatoms. The number of halogens is 1. The average molecular weight is 299 g/mol. The molecule has 3 nitrogen and oxygen atoms in total. The summed E-state index contributed by atoms with van der Waals surface area (Å²) in [6, 6.07) is 9.64. The normalized spacial score (nSPS) is 15.2. The fourth-order valence-corrected chi connectivity index (χ4v) is 2.81. The first-order valence-electron chi connectivity index (χ1n) is 6.75. The fourth-order valence-electron chi connectivity index (χ4n) is 2.56. The molecule has 0 radical (unpaired) electrons. The summed E-state index contributed by atoms with van der Waals surface area (Å²) in [4.78, 5) is 16.9. The second-order valence-electron chi connectivity index (χ2n) is 5.27. The van der Waals surface area contributed by atoms with Crippen LogP contribution < -0.4 is 5.32 Å². The minimum atomic E-state index is -0.205. The molecule has 2 aromatic carbocycles. The van der Waals surface area contributed by atoms with Gasteiger partial charge in [0.15, 0.2) is 0 Å². The van der Waals surface area contributed by atoms with E-state index in [1.165, 1.54) is 0 Å². The number of carbonyl (C=O) groups is 1. The SMILES string of the molecule is Cc1cccc(C)c1N=C1C(=O)Nc2c(C)ccc(Cl)c21. The number of nitrogens with one attached hydrogen (secondary N) is 1. The van der Waals surface area contributed by atoms with E-state index < -0.39 is 0 Å². The van der Waals surface area contributed by atoms with E-state index >= 15 is 0 Å². The van der Waals surface area contributed by atoms with Gasteiger partial charge in [-0.3, -0.25) is 4.79 Å². The minimum Gasteiger partial charge on any atom is -0.320 e. The molecular weight excluding hydrogens is 284 g/mol. The van der Waals surface area contributed by atoms with E-state index in [1.807, 2.05) is 45.0 Å². The van der Waals surface area contributed by atoms with Crippen LogP contribution in [0.2, 0.25) is 5.02 Å².